The molecule has 1 fully saturated rings. The Bertz CT molecular complexity index is 478. The average Bonchev–Trinajstić information content (AvgIpc) is 2.80. The van der Waals surface area contributed by atoms with Crippen LogP contribution in [-0.2, 0) is 4.79 Å². The molecule has 4 heteroatoms. The summed E-state index contributed by atoms with van der Waals surface area (Å²) in [5.74, 6) is -0.152. The first-order valence-corrected chi connectivity index (χ1v) is 8.00. The van der Waals surface area contributed by atoms with E-state index >= 15 is 0 Å². The molecule has 0 spiro atoms. The van der Waals surface area contributed by atoms with Gasteiger partial charge >= 0.3 is 0 Å². The third-order valence-corrected chi connectivity index (χ3v) is 4.11. The molecule has 1 aromatic rings. The third kappa shape index (κ3) is 3.62. The van der Waals surface area contributed by atoms with Crippen molar-refractivity contribution in [1.82, 2.24) is 10.2 Å². The fourth-order valence-electron chi connectivity index (χ4n) is 2.87. The maximum atomic E-state index is 14.0. The van der Waals surface area contributed by atoms with Gasteiger partial charge in [0.05, 0.1) is 6.04 Å². The lowest BCUT2D eigenvalue weighted by Gasteiger charge is -2.25. The van der Waals surface area contributed by atoms with E-state index in [-0.39, 0.29) is 23.9 Å². The predicted molar refractivity (Wildman–Crippen MR) is 82.2 cm³/mol. The van der Waals surface area contributed by atoms with Gasteiger partial charge in [0, 0.05) is 12.1 Å². The molecule has 0 saturated carbocycles. The number of unbranched alkanes of at least 4 members (excludes halogenated alkanes) is 3. The minimum Gasteiger partial charge on any atom is -0.321 e. The summed E-state index contributed by atoms with van der Waals surface area (Å²) in [7, 11) is 0. The summed E-state index contributed by atoms with van der Waals surface area (Å²) in [6, 6.07) is 6.52. The first-order valence-electron chi connectivity index (χ1n) is 8.00. The predicted octanol–water partition coefficient (Wildman–Crippen LogP) is 3.62. The molecule has 1 saturated heterocycles. The smallest absolute Gasteiger partial charge is 0.241 e. The van der Waals surface area contributed by atoms with Gasteiger partial charge in [0.1, 0.15) is 12.0 Å². The number of rotatable bonds is 7. The topological polar surface area (TPSA) is 32.3 Å². The molecule has 1 aromatic carbocycles. The maximum absolute atomic E-state index is 14.0. The van der Waals surface area contributed by atoms with Crippen molar-refractivity contribution in [3.63, 3.8) is 0 Å². The van der Waals surface area contributed by atoms with E-state index in [1.165, 1.54) is 18.9 Å². The van der Waals surface area contributed by atoms with Gasteiger partial charge in [0.15, 0.2) is 0 Å². The van der Waals surface area contributed by atoms with Gasteiger partial charge in [-0.3, -0.25) is 10.1 Å². The van der Waals surface area contributed by atoms with Gasteiger partial charge in [-0.25, -0.2) is 4.39 Å². The molecule has 0 aromatic heterocycles. The molecular formula is C17H25FN2O. The SMILES string of the molecule is CCCCCCN1C(=O)C(CC)NC1c1ccccc1F. The molecule has 21 heavy (non-hydrogen) atoms. The molecule has 1 heterocycles. The Morgan fingerprint density at radius 3 is 2.62 bits per heavy atom. The lowest BCUT2D eigenvalue weighted by molar-refractivity contribution is -0.130. The van der Waals surface area contributed by atoms with Gasteiger partial charge in [-0.2, -0.15) is 0 Å². The van der Waals surface area contributed by atoms with Crippen molar-refractivity contribution in [2.24, 2.45) is 0 Å². The van der Waals surface area contributed by atoms with Crippen molar-refractivity contribution < 1.29 is 9.18 Å². The van der Waals surface area contributed by atoms with Crippen LogP contribution in [0.4, 0.5) is 4.39 Å². The Morgan fingerprint density at radius 1 is 1.19 bits per heavy atom. The standard InChI is InChI=1S/C17H25FN2O/c1-3-5-6-9-12-20-16(19-15(4-2)17(20)21)13-10-7-8-11-14(13)18/h7-8,10-11,15-16,19H,3-6,9,12H2,1-2H3. The fourth-order valence-corrected chi connectivity index (χ4v) is 2.87. The van der Waals surface area contributed by atoms with Gasteiger partial charge in [-0.1, -0.05) is 51.3 Å². The third-order valence-electron chi connectivity index (χ3n) is 4.11. The second-order valence-electron chi connectivity index (χ2n) is 5.64. The number of amides is 1. The number of hydrogen-bond acceptors (Lipinski definition) is 2. The van der Waals surface area contributed by atoms with Crippen LogP contribution >= 0.6 is 0 Å². The molecule has 2 atom stereocenters. The van der Waals surface area contributed by atoms with Crippen LogP contribution in [0.2, 0.25) is 0 Å². The Labute approximate surface area is 126 Å². The van der Waals surface area contributed by atoms with E-state index in [2.05, 4.69) is 12.2 Å². The summed E-state index contributed by atoms with van der Waals surface area (Å²) in [5, 5.41) is 3.27. The van der Waals surface area contributed by atoms with E-state index in [4.69, 9.17) is 0 Å². The van der Waals surface area contributed by atoms with Crippen molar-refractivity contribution in [3.05, 3.63) is 35.6 Å². The summed E-state index contributed by atoms with van der Waals surface area (Å²) in [6.45, 7) is 4.84. The maximum Gasteiger partial charge on any atom is 0.241 e. The molecule has 0 aliphatic carbocycles. The molecule has 116 valence electrons. The largest absolute Gasteiger partial charge is 0.321 e. The molecule has 0 bridgehead atoms. The first-order chi connectivity index (χ1) is 10.2. The highest BCUT2D eigenvalue weighted by molar-refractivity contribution is 5.84. The van der Waals surface area contributed by atoms with Gasteiger partial charge in [0.25, 0.3) is 0 Å². The lowest BCUT2D eigenvalue weighted by Crippen LogP contribution is -2.32. The van der Waals surface area contributed by atoms with Gasteiger partial charge in [0.2, 0.25) is 5.91 Å². The zero-order valence-electron chi connectivity index (χ0n) is 12.9. The normalized spacial score (nSPS) is 22.0. The molecular weight excluding hydrogens is 267 g/mol. The second-order valence-corrected chi connectivity index (χ2v) is 5.64. The summed E-state index contributed by atoms with van der Waals surface area (Å²) in [6.07, 6.45) is 4.83. The lowest BCUT2D eigenvalue weighted by atomic mass is 10.1. The second kappa shape index (κ2) is 7.55. The fraction of sp³-hybridized carbons (Fsp3) is 0.588. The van der Waals surface area contributed by atoms with E-state index in [0.29, 0.717) is 12.1 Å². The van der Waals surface area contributed by atoms with Crippen molar-refractivity contribution in [2.45, 2.75) is 58.2 Å². The monoisotopic (exact) mass is 292 g/mol. The van der Waals surface area contributed by atoms with Gasteiger partial charge in [-0.05, 0) is 18.9 Å². The molecule has 1 N–H and O–H groups in total. The van der Waals surface area contributed by atoms with Crippen LogP contribution in [0.15, 0.2) is 24.3 Å². The molecule has 1 aliphatic heterocycles. The van der Waals surface area contributed by atoms with Crippen molar-refractivity contribution in [2.75, 3.05) is 6.54 Å². The highest BCUT2D eigenvalue weighted by atomic mass is 19.1. The first kappa shape index (κ1) is 16.0. The number of nitrogens with one attached hydrogen (secondary N) is 1. The Kier molecular flexibility index (Phi) is 5.74. The van der Waals surface area contributed by atoms with Crippen LogP contribution in [0.5, 0.6) is 0 Å². The zero-order chi connectivity index (χ0) is 15.2. The minimum atomic E-state index is -0.328. The van der Waals surface area contributed by atoms with E-state index in [1.54, 1.807) is 12.1 Å². The number of nitrogens with zero attached hydrogens (tertiary/aromatic N) is 1. The molecule has 2 rings (SSSR count). The summed E-state index contributed by atoms with van der Waals surface area (Å²) >= 11 is 0. The Morgan fingerprint density at radius 2 is 1.95 bits per heavy atom. The summed E-state index contributed by atoms with van der Waals surface area (Å²) in [5.41, 5.74) is 0.567. The van der Waals surface area contributed by atoms with E-state index in [9.17, 15) is 9.18 Å². The minimum absolute atomic E-state index is 0.0993. The van der Waals surface area contributed by atoms with Crippen LogP contribution in [0.25, 0.3) is 0 Å². The molecule has 3 nitrogen and oxygen atoms in total. The Balaban J connectivity index is 2.13. The molecule has 1 amide bonds. The summed E-state index contributed by atoms with van der Waals surface area (Å²) in [4.78, 5) is 14.2. The van der Waals surface area contributed by atoms with Crippen LogP contribution < -0.4 is 5.32 Å². The Hall–Kier alpha value is -1.42. The number of benzene rings is 1. The van der Waals surface area contributed by atoms with Crippen molar-refractivity contribution in [3.8, 4) is 0 Å². The number of hydrogen-bond donors (Lipinski definition) is 1. The molecule has 2 unspecified atom stereocenters. The quantitative estimate of drug-likeness (QED) is 0.779. The number of carbonyl (C=O) groups excluding carboxylic acids is 1. The van der Waals surface area contributed by atoms with E-state index in [0.717, 1.165) is 19.3 Å². The van der Waals surface area contributed by atoms with Crippen LogP contribution in [0.3, 0.4) is 0 Å². The van der Waals surface area contributed by atoms with Crippen LogP contribution in [0, 0.1) is 5.82 Å². The number of halogens is 1. The van der Waals surface area contributed by atoms with E-state index < -0.39 is 0 Å². The van der Waals surface area contributed by atoms with Crippen LogP contribution in [0.1, 0.15) is 57.7 Å². The summed E-state index contributed by atoms with van der Waals surface area (Å²) < 4.78 is 14.0. The van der Waals surface area contributed by atoms with Gasteiger partial charge in [-0.15, -0.1) is 0 Å². The van der Waals surface area contributed by atoms with Crippen molar-refractivity contribution >= 4 is 5.91 Å². The van der Waals surface area contributed by atoms with Crippen molar-refractivity contribution in [1.29, 1.82) is 0 Å². The van der Waals surface area contributed by atoms with Crippen LogP contribution in [-0.4, -0.2) is 23.4 Å². The highest BCUT2D eigenvalue weighted by Crippen LogP contribution is 2.28. The van der Waals surface area contributed by atoms with Gasteiger partial charge < -0.3 is 4.90 Å². The average molecular weight is 292 g/mol. The highest BCUT2D eigenvalue weighted by Gasteiger charge is 2.39. The van der Waals surface area contributed by atoms with E-state index in [1.807, 2.05) is 17.9 Å². The molecule has 1 aliphatic rings. The number of carbonyl (C=O) groups is 1. The molecule has 0 radical (unpaired) electrons. The zero-order valence-corrected chi connectivity index (χ0v) is 12.9.